The Morgan fingerprint density at radius 1 is 1.18 bits per heavy atom. The summed E-state index contributed by atoms with van der Waals surface area (Å²) in [5.41, 5.74) is 0. The van der Waals surface area contributed by atoms with Crippen LogP contribution in [0.2, 0.25) is 0 Å². The molecule has 4 heteroatoms. The average Bonchev–Trinajstić information content (AvgIpc) is 3.08. The first-order valence-electron chi connectivity index (χ1n) is 8.66. The highest BCUT2D eigenvalue weighted by Crippen LogP contribution is 2.20. The van der Waals surface area contributed by atoms with Gasteiger partial charge in [0, 0.05) is 25.7 Å². The number of ether oxygens (including phenoxy) is 1. The molecule has 3 heterocycles. The maximum Gasteiger partial charge on any atom is 0.126 e. The van der Waals surface area contributed by atoms with Crippen LogP contribution in [-0.4, -0.2) is 61.8 Å². The molecule has 0 spiro atoms. The molecular formula is C18H28N2O2. The van der Waals surface area contributed by atoms with Gasteiger partial charge in [0.1, 0.15) is 5.76 Å². The lowest BCUT2D eigenvalue weighted by Crippen LogP contribution is -2.43. The van der Waals surface area contributed by atoms with E-state index >= 15 is 0 Å². The van der Waals surface area contributed by atoms with Gasteiger partial charge in [-0.15, -0.1) is 0 Å². The van der Waals surface area contributed by atoms with Gasteiger partial charge >= 0.3 is 0 Å². The van der Waals surface area contributed by atoms with E-state index in [1.54, 1.807) is 6.26 Å². The highest BCUT2D eigenvalue weighted by atomic mass is 16.5. The molecule has 0 bridgehead atoms. The molecule has 1 aromatic rings. The van der Waals surface area contributed by atoms with Crippen LogP contribution in [0.4, 0.5) is 0 Å². The average molecular weight is 304 g/mol. The molecular weight excluding hydrogens is 276 g/mol. The highest BCUT2D eigenvalue weighted by molar-refractivity contribution is 5.42. The Balaban J connectivity index is 1.45. The van der Waals surface area contributed by atoms with Crippen LogP contribution < -0.4 is 0 Å². The Morgan fingerprint density at radius 3 is 2.91 bits per heavy atom. The van der Waals surface area contributed by atoms with Crippen LogP contribution in [0.3, 0.4) is 0 Å². The van der Waals surface area contributed by atoms with Crippen LogP contribution in [0, 0.1) is 0 Å². The number of piperidine rings is 1. The van der Waals surface area contributed by atoms with Crippen LogP contribution in [0.25, 0.3) is 6.08 Å². The predicted molar refractivity (Wildman–Crippen MR) is 88.8 cm³/mol. The second-order valence-electron chi connectivity index (χ2n) is 6.31. The largest absolute Gasteiger partial charge is 0.465 e. The molecule has 0 radical (unpaired) electrons. The van der Waals surface area contributed by atoms with Crippen LogP contribution in [0.1, 0.15) is 31.4 Å². The molecule has 2 aliphatic rings. The fraction of sp³-hybridized carbons (Fsp3) is 0.667. The molecule has 4 nitrogen and oxygen atoms in total. The van der Waals surface area contributed by atoms with Crippen molar-refractivity contribution < 1.29 is 9.15 Å². The quantitative estimate of drug-likeness (QED) is 0.808. The first kappa shape index (κ1) is 15.8. The number of nitrogens with zero attached hydrogens (tertiary/aromatic N) is 2. The Labute approximate surface area is 133 Å². The molecule has 2 saturated heterocycles. The summed E-state index contributed by atoms with van der Waals surface area (Å²) in [6.45, 7) is 7.49. The fourth-order valence-electron chi connectivity index (χ4n) is 3.47. The van der Waals surface area contributed by atoms with E-state index in [1.165, 1.54) is 38.8 Å². The van der Waals surface area contributed by atoms with Gasteiger partial charge < -0.3 is 9.15 Å². The minimum Gasteiger partial charge on any atom is -0.465 e. The van der Waals surface area contributed by atoms with E-state index in [9.17, 15) is 0 Å². The van der Waals surface area contributed by atoms with E-state index in [-0.39, 0.29) is 0 Å². The monoisotopic (exact) mass is 304 g/mol. The summed E-state index contributed by atoms with van der Waals surface area (Å²) in [4.78, 5) is 5.19. The van der Waals surface area contributed by atoms with Crippen LogP contribution in [0.15, 0.2) is 28.9 Å². The smallest absolute Gasteiger partial charge is 0.126 e. The number of hydrogen-bond donors (Lipinski definition) is 0. The summed E-state index contributed by atoms with van der Waals surface area (Å²) < 4.78 is 10.8. The normalized spacial score (nSPS) is 25.0. The number of likely N-dealkylation sites (tertiary alicyclic amines) is 1. The van der Waals surface area contributed by atoms with Crippen molar-refractivity contribution in [2.24, 2.45) is 0 Å². The van der Waals surface area contributed by atoms with Crippen molar-refractivity contribution in [1.29, 1.82) is 0 Å². The maximum atomic E-state index is 5.43. The summed E-state index contributed by atoms with van der Waals surface area (Å²) >= 11 is 0. The third-order valence-electron chi connectivity index (χ3n) is 4.80. The Kier molecular flexibility index (Phi) is 6.11. The molecule has 1 unspecified atom stereocenters. The van der Waals surface area contributed by atoms with Gasteiger partial charge in [-0.25, -0.2) is 0 Å². The van der Waals surface area contributed by atoms with Gasteiger partial charge in [0.15, 0.2) is 0 Å². The fourth-order valence-corrected chi connectivity index (χ4v) is 3.47. The van der Waals surface area contributed by atoms with Crippen molar-refractivity contribution in [2.75, 3.05) is 45.9 Å². The maximum absolute atomic E-state index is 5.43. The van der Waals surface area contributed by atoms with E-state index in [0.29, 0.717) is 0 Å². The number of rotatable bonds is 6. The Bertz CT molecular complexity index is 438. The molecule has 2 fully saturated rings. The van der Waals surface area contributed by atoms with Gasteiger partial charge in [-0.2, -0.15) is 0 Å². The molecule has 2 aliphatic heterocycles. The third-order valence-corrected chi connectivity index (χ3v) is 4.80. The lowest BCUT2D eigenvalue weighted by Gasteiger charge is -2.37. The van der Waals surface area contributed by atoms with Crippen molar-refractivity contribution in [2.45, 2.75) is 31.7 Å². The highest BCUT2D eigenvalue weighted by Gasteiger charge is 2.22. The zero-order valence-corrected chi connectivity index (χ0v) is 13.5. The van der Waals surface area contributed by atoms with Crippen LogP contribution in [0.5, 0.6) is 0 Å². The summed E-state index contributed by atoms with van der Waals surface area (Å²) in [6, 6.07) is 4.67. The Hall–Kier alpha value is -1.10. The molecule has 0 aliphatic carbocycles. The molecule has 1 aromatic heterocycles. The van der Waals surface area contributed by atoms with E-state index in [4.69, 9.17) is 9.15 Å². The second kappa shape index (κ2) is 8.51. The molecule has 0 amide bonds. The van der Waals surface area contributed by atoms with Crippen molar-refractivity contribution in [3.05, 3.63) is 30.2 Å². The van der Waals surface area contributed by atoms with Crippen molar-refractivity contribution in [3.63, 3.8) is 0 Å². The number of furan rings is 1. The second-order valence-corrected chi connectivity index (χ2v) is 6.31. The van der Waals surface area contributed by atoms with Gasteiger partial charge in [-0.05, 0) is 50.6 Å². The lowest BCUT2D eigenvalue weighted by molar-refractivity contribution is 0.0315. The molecule has 3 rings (SSSR count). The molecule has 1 atom stereocenters. The van der Waals surface area contributed by atoms with E-state index < -0.39 is 0 Å². The van der Waals surface area contributed by atoms with Crippen LogP contribution in [-0.2, 0) is 4.74 Å². The summed E-state index contributed by atoms with van der Waals surface area (Å²) in [7, 11) is 0. The van der Waals surface area contributed by atoms with Crippen molar-refractivity contribution >= 4 is 6.08 Å². The molecule has 122 valence electrons. The van der Waals surface area contributed by atoms with Crippen molar-refractivity contribution in [3.8, 4) is 0 Å². The predicted octanol–water partition coefficient (Wildman–Crippen LogP) is 2.87. The van der Waals surface area contributed by atoms with Crippen LogP contribution >= 0.6 is 0 Å². The number of morpholine rings is 1. The van der Waals surface area contributed by atoms with Crippen molar-refractivity contribution in [1.82, 2.24) is 9.80 Å². The van der Waals surface area contributed by atoms with Gasteiger partial charge in [0.05, 0.1) is 19.5 Å². The molecule has 22 heavy (non-hydrogen) atoms. The van der Waals surface area contributed by atoms with Gasteiger partial charge in [0.25, 0.3) is 0 Å². The first-order valence-corrected chi connectivity index (χ1v) is 8.66. The molecule has 0 aromatic carbocycles. The summed E-state index contributed by atoms with van der Waals surface area (Å²) in [5, 5.41) is 0. The van der Waals surface area contributed by atoms with E-state index in [1.807, 2.05) is 12.1 Å². The lowest BCUT2D eigenvalue weighted by atomic mass is 9.99. The minimum absolute atomic E-state index is 0.734. The van der Waals surface area contributed by atoms with Gasteiger partial charge in [-0.1, -0.05) is 12.5 Å². The van der Waals surface area contributed by atoms with Gasteiger partial charge in [0.2, 0.25) is 0 Å². The molecule has 0 saturated carbocycles. The van der Waals surface area contributed by atoms with Gasteiger partial charge in [-0.3, -0.25) is 9.80 Å². The first-order chi connectivity index (χ1) is 10.9. The summed E-state index contributed by atoms with van der Waals surface area (Å²) in [6.07, 6.45) is 11.4. The standard InChI is InChI=1S/C18H28N2O2/c1-2-9-20(10-3-6-18-7-4-14-22-18)17(5-1)8-11-19-12-15-21-16-13-19/h3-4,6-7,14,17H,1-2,5,8-13,15-16H2. The molecule has 0 N–H and O–H groups in total. The topological polar surface area (TPSA) is 28.9 Å². The van der Waals surface area contributed by atoms with E-state index in [0.717, 1.165) is 44.7 Å². The minimum atomic E-state index is 0.734. The Morgan fingerprint density at radius 2 is 2.09 bits per heavy atom. The SMILES string of the molecule is C(=Cc1ccco1)CN1CCCCC1CCN1CCOCC1. The number of hydrogen-bond acceptors (Lipinski definition) is 4. The zero-order chi connectivity index (χ0) is 15.0. The van der Waals surface area contributed by atoms with E-state index in [2.05, 4.69) is 22.0 Å². The third kappa shape index (κ3) is 4.70. The summed E-state index contributed by atoms with van der Waals surface area (Å²) in [5.74, 6) is 0.946. The zero-order valence-electron chi connectivity index (χ0n) is 13.5.